The predicted molar refractivity (Wildman–Crippen MR) is 98.3 cm³/mol. The van der Waals surface area contributed by atoms with Crippen LogP contribution in [0.5, 0.6) is 5.75 Å². The van der Waals surface area contributed by atoms with Crippen LogP contribution in [0.15, 0.2) is 24.3 Å². The van der Waals surface area contributed by atoms with Crippen molar-refractivity contribution < 1.29 is 14.3 Å². The van der Waals surface area contributed by atoms with Crippen LogP contribution in [0.4, 0.5) is 10.5 Å². The van der Waals surface area contributed by atoms with Crippen molar-refractivity contribution in [3.63, 3.8) is 0 Å². The zero-order chi connectivity index (χ0) is 17.8. The zero-order valence-electron chi connectivity index (χ0n) is 15.4. The molecule has 6 nitrogen and oxygen atoms in total. The van der Waals surface area contributed by atoms with Crippen LogP contribution in [-0.2, 0) is 4.74 Å². The van der Waals surface area contributed by atoms with Crippen LogP contribution in [0.1, 0.15) is 26.7 Å². The molecule has 0 aliphatic carbocycles. The second-order valence-corrected chi connectivity index (χ2v) is 7.07. The molecule has 2 fully saturated rings. The molecule has 3 rings (SSSR count). The number of urea groups is 1. The summed E-state index contributed by atoms with van der Waals surface area (Å²) in [5, 5.41) is 3.20. The van der Waals surface area contributed by atoms with Gasteiger partial charge in [0, 0.05) is 37.9 Å². The van der Waals surface area contributed by atoms with Crippen molar-refractivity contribution in [3.8, 4) is 5.75 Å². The van der Waals surface area contributed by atoms with Gasteiger partial charge in [0.05, 0.1) is 19.3 Å². The molecule has 2 heterocycles. The van der Waals surface area contributed by atoms with Gasteiger partial charge in [-0.15, -0.1) is 0 Å². The van der Waals surface area contributed by atoms with Gasteiger partial charge in [-0.1, -0.05) is 0 Å². The van der Waals surface area contributed by atoms with Crippen molar-refractivity contribution in [1.29, 1.82) is 0 Å². The lowest BCUT2D eigenvalue weighted by Crippen LogP contribution is -2.55. The Kier molecular flexibility index (Phi) is 5.68. The number of amides is 2. The summed E-state index contributed by atoms with van der Waals surface area (Å²) >= 11 is 0. The number of piperidine rings is 1. The number of hydrogen-bond donors (Lipinski definition) is 1. The Morgan fingerprint density at radius 1 is 1.12 bits per heavy atom. The van der Waals surface area contributed by atoms with Crippen LogP contribution in [0.3, 0.4) is 0 Å². The Morgan fingerprint density at radius 2 is 1.72 bits per heavy atom. The van der Waals surface area contributed by atoms with E-state index in [0.717, 1.165) is 31.7 Å². The first-order chi connectivity index (χ1) is 12.0. The van der Waals surface area contributed by atoms with Crippen LogP contribution in [0.2, 0.25) is 0 Å². The summed E-state index contributed by atoms with van der Waals surface area (Å²) in [7, 11) is 1.68. The lowest BCUT2D eigenvalue weighted by Gasteiger charge is -2.38. The van der Waals surface area contributed by atoms with Crippen molar-refractivity contribution in [2.24, 2.45) is 0 Å². The predicted octanol–water partition coefficient (Wildman–Crippen LogP) is 2.48. The van der Waals surface area contributed by atoms with E-state index in [1.54, 1.807) is 7.11 Å². The molecule has 0 bridgehead atoms. The lowest BCUT2D eigenvalue weighted by molar-refractivity contribution is -0.0548. The first kappa shape index (κ1) is 17.9. The van der Waals surface area contributed by atoms with E-state index in [0.29, 0.717) is 13.1 Å². The van der Waals surface area contributed by atoms with E-state index in [9.17, 15) is 4.79 Å². The second-order valence-electron chi connectivity index (χ2n) is 7.07. The maximum absolute atomic E-state index is 12.5. The van der Waals surface area contributed by atoms with E-state index in [-0.39, 0.29) is 24.3 Å². The van der Waals surface area contributed by atoms with Gasteiger partial charge in [-0.05, 0) is 51.0 Å². The Balaban J connectivity index is 1.48. The SMILES string of the molecule is COc1ccc(N2CCC(NC(=O)N3CC(C)OC(C)C3)CC2)cc1. The lowest BCUT2D eigenvalue weighted by atomic mass is 10.0. The van der Waals surface area contributed by atoms with Gasteiger partial charge in [0.15, 0.2) is 0 Å². The maximum atomic E-state index is 12.5. The molecule has 2 aliphatic heterocycles. The fourth-order valence-corrected chi connectivity index (χ4v) is 3.68. The summed E-state index contributed by atoms with van der Waals surface area (Å²) in [6, 6.07) is 8.46. The van der Waals surface area contributed by atoms with Crippen molar-refractivity contribution in [2.75, 3.05) is 38.2 Å². The molecular weight excluding hydrogens is 318 g/mol. The fourth-order valence-electron chi connectivity index (χ4n) is 3.68. The number of nitrogens with zero attached hydrogens (tertiary/aromatic N) is 2. The summed E-state index contributed by atoms with van der Waals surface area (Å²) in [5.41, 5.74) is 1.21. The highest BCUT2D eigenvalue weighted by atomic mass is 16.5. The molecule has 2 unspecified atom stereocenters. The largest absolute Gasteiger partial charge is 0.497 e. The molecule has 0 saturated carbocycles. The summed E-state index contributed by atoms with van der Waals surface area (Å²) in [4.78, 5) is 16.8. The van der Waals surface area contributed by atoms with Crippen LogP contribution < -0.4 is 15.0 Å². The molecule has 2 atom stereocenters. The quantitative estimate of drug-likeness (QED) is 0.913. The van der Waals surface area contributed by atoms with Crippen LogP contribution >= 0.6 is 0 Å². The molecule has 2 amide bonds. The maximum Gasteiger partial charge on any atom is 0.317 e. The smallest absolute Gasteiger partial charge is 0.317 e. The van der Waals surface area contributed by atoms with Crippen LogP contribution in [0.25, 0.3) is 0 Å². The van der Waals surface area contributed by atoms with Gasteiger partial charge < -0.3 is 24.6 Å². The average molecular weight is 347 g/mol. The molecular formula is C19H29N3O3. The first-order valence-electron chi connectivity index (χ1n) is 9.15. The molecule has 6 heteroatoms. The van der Waals surface area contributed by atoms with Crippen LogP contribution in [-0.4, -0.2) is 62.5 Å². The number of morpholine rings is 1. The number of benzene rings is 1. The Bertz CT molecular complexity index is 560. The molecule has 0 radical (unpaired) electrons. The molecule has 1 aromatic rings. The summed E-state index contributed by atoms with van der Waals surface area (Å²) in [6.45, 7) is 7.27. The molecule has 2 aliphatic rings. The topological polar surface area (TPSA) is 54.0 Å². The number of ether oxygens (including phenoxy) is 2. The third-order valence-corrected chi connectivity index (χ3v) is 4.97. The second kappa shape index (κ2) is 7.95. The Hall–Kier alpha value is -1.95. The highest BCUT2D eigenvalue weighted by molar-refractivity contribution is 5.74. The Morgan fingerprint density at radius 3 is 2.28 bits per heavy atom. The van der Waals surface area contributed by atoms with E-state index < -0.39 is 0 Å². The molecule has 0 aromatic heterocycles. The number of carbonyl (C=O) groups is 1. The number of carbonyl (C=O) groups excluding carboxylic acids is 1. The standard InChI is InChI=1S/C19H29N3O3/c1-14-12-22(13-15(2)25-14)19(23)20-16-8-10-21(11-9-16)17-4-6-18(24-3)7-5-17/h4-7,14-16H,8-13H2,1-3H3,(H,20,23). The third kappa shape index (κ3) is 4.57. The van der Waals surface area contributed by atoms with Gasteiger partial charge in [-0.3, -0.25) is 0 Å². The Labute approximate surface area is 150 Å². The molecule has 138 valence electrons. The molecule has 1 N–H and O–H groups in total. The minimum absolute atomic E-state index is 0.0462. The van der Waals surface area contributed by atoms with Gasteiger partial charge in [-0.2, -0.15) is 0 Å². The van der Waals surface area contributed by atoms with Crippen molar-refractivity contribution in [1.82, 2.24) is 10.2 Å². The van der Waals surface area contributed by atoms with E-state index in [2.05, 4.69) is 22.3 Å². The summed E-state index contributed by atoms with van der Waals surface area (Å²) < 4.78 is 10.9. The fraction of sp³-hybridized carbons (Fsp3) is 0.632. The average Bonchev–Trinajstić information content (AvgIpc) is 2.61. The van der Waals surface area contributed by atoms with Gasteiger partial charge >= 0.3 is 6.03 Å². The van der Waals surface area contributed by atoms with Crippen molar-refractivity contribution >= 4 is 11.7 Å². The minimum Gasteiger partial charge on any atom is -0.497 e. The zero-order valence-corrected chi connectivity index (χ0v) is 15.4. The van der Waals surface area contributed by atoms with Crippen molar-refractivity contribution in [3.05, 3.63) is 24.3 Å². The monoisotopic (exact) mass is 347 g/mol. The first-order valence-corrected chi connectivity index (χ1v) is 9.15. The summed E-state index contributed by atoms with van der Waals surface area (Å²) in [6.07, 6.45) is 2.14. The molecule has 2 saturated heterocycles. The van der Waals surface area contributed by atoms with Crippen molar-refractivity contribution in [2.45, 2.75) is 44.9 Å². The van der Waals surface area contributed by atoms with Gasteiger partial charge in [0.2, 0.25) is 0 Å². The summed E-state index contributed by atoms with van der Waals surface area (Å²) in [5.74, 6) is 0.875. The van der Waals surface area contributed by atoms with E-state index in [1.807, 2.05) is 30.9 Å². The third-order valence-electron chi connectivity index (χ3n) is 4.97. The molecule has 25 heavy (non-hydrogen) atoms. The number of methoxy groups -OCH3 is 1. The van der Waals surface area contributed by atoms with Crippen LogP contribution in [0, 0.1) is 0 Å². The number of rotatable bonds is 3. The van der Waals surface area contributed by atoms with E-state index in [1.165, 1.54) is 5.69 Å². The number of nitrogens with one attached hydrogen (secondary N) is 1. The minimum atomic E-state index is 0.0462. The molecule has 0 spiro atoms. The van der Waals surface area contributed by atoms with E-state index in [4.69, 9.17) is 9.47 Å². The number of hydrogen-bond acceptors (Lipinski definition) is 4. The van der Waals surface area contributed by atoms with E-state index >= 15 is 0 Å². The normalized spacial score (nSPS) is 24.9. The molecule has 1 aromatic carbocycles. The number of anilines is 1. The van der Waals surface area contributed by atoms with Gasteiger partial charge in [0.25, 0.3) is 0 Å². The highest BCUT2D eigenvalue weighted by Gasteiger charge is 2.28. The van der Waals surface area contributed by atoms with Gasteiger partial charge in [-0.25, -0.2) is 4.79 Å². The van der Waals surface area contributed by atoms with Gasteiger partial charge in [0.1, 0.15) is 5.75 Å². The highest BCUT2D eigenvalue weighted by Crippen LogP contribution is 2.23.